The third-order valence-electron chi connectivity index (χ3n) is 6.97. The van der Waals surface area contributed by atoms with Gasteiger partial charge in [-0.05, 0) is 36.3 Å². The summed E-state index contributed by atoms with van der Waals surface area (Å²) in [4.78, 5) is 12.2. The Bertz CT molecular complexity index is 519. The number of carbonyl (C=O) groups is 1. The summed E-state index contributed by atoms with van der Waals surface area (Å²) in [6.45, 7) is 21.8. The fraction of sp³-hybridized carbons (Fsp3) is 0.947. The first-order valence-electron chi connectivity index (χ1n) is 9.72. The van der Waals surface area contributed by atoms with Crippen molar-refractivity contribution in [3.63, 3.8) is 0 Å². The lowest BCUT2D eigenvalue weighted by Crippen LogP contribution is -2.61. The van der Waals surface area contributed by atoms with Crippen molar-refractivity contribution in [1.82, 2.24) is 0 Å². The minimum Gasteiger partial charge on any atom is -0.459 e. The van der Waals surface area contributed by atoms with Gasteiger partial charge in [0.25, 0.3) is 0 Å². The van der Waals surface area contributed by atoms with Crippen LogP contribution in [-0.2, 0) is 18.4 Å². The first kappa shape index (κ1) is 22.1. The maximum Gasteiger partial charge on any atom is 0.312 e. The fourth-order valence-corrected chi connectivity index (χ4v) is 5.69. The Morgan fingerprint density at radius 3 is 1.77 bits per heavy atom. The van der Waals surface area contributed by atoms with Gasteiger partial charge in [-0.1, -0.05) is 41.5 Å². The van der Waals surface area contributed by atoms with E-state index in [1.807, 2.05) is 0 Å². The van der Waals surface area contributed by atoms with Crippen LogP contribution in [0.25, 0.3) is 0 Å². The molecule has 0 radical (unpaired) electrons. The van der Waals surface area contributed by atoms with E-state index in [0.717, 1.165) is 0 Å². The molecule has 2 fully saturated rings. The zero-order valence-electron chi connectivity index (χ0n) is 18.2. The Labute approximate surface area is 161 Å². The highest BCUT2D eigenvalue weighted by Gasteiger charge is 2.58. The van der Waals surface area contributed by atoms with E-state index in [9.17, 15) is 9.90 Å². The molecular formula is C19H38O5Si2. The number of hydrogen-bond donors (Lipinski definition) is 1. The van der Waals surface area contributed by atoms with Crippen LogP contribution in [-0.4, -0.2) is 52.1 Å². The van der Waals surface area contributed by atoms with Crippen LogP contribution < -0.4 is 0 Å². The predicted octanol–water partition coefficient (Wildman–Crippen LogP) is 4.07. The number of aliphatic hydroxyl groups is 1. The zero-order chi connectivity index (χ0) is 20.3. The van der Waals surface area contributed by atoms with Crippen LogP contribution in [0.5, 0.6) is 0 Å². The van der Waals surface area contributed by atoms with Crippen molar-refractivity contribution >= 4 is 22.6 Å². The molecule has 152 valence electrons. The molecule has 1 N–H and O–H groups in total. The maximum atomic E-state index is 12.2. The molecule has 0 amide bonds. The molecule has 2 rings (SSSR count). The molecule has 2 bridgehead atoms. The molecule has 1 heterocycles. The largest absolute Gasteiger partial charge is 0.459 e. The van der Waals surface area contributed by atoms with Gasteiger partial charge in [-0.15, -0.1) is 0 Å². The van der Waals surface area contributed by atoms with Crippen LogP contribution in [0.15, 0.2) is 0 Å². The second-order valence-corrected chi connectivity index (χ2v) is 20.5. The summed E-state index contributed by atoms with van der Waals surface area (Å²) in [5.41, 5.74) is 0. The molecule has 1 aliphatic heterocycles. The molecule has 0 aromatic heterocycles. The van der Waals surface area contributed by atoms with Gasteiger partial charge in [-0.2, -0.15) is 0 Å². The molecule has 2 aliphatic rings. The van der Waals surface area contributed by atoms with Gasteiger partial charge >= 0.3 is 5.97 Å². The Balaban J connectivity index is 2.36. The third-order valence-corrected chi connectivity index (χ3v) is 15.9. The Morgan fingerprint density at radius 2 is 1.35 bits per heavy atom. The van der Waals surface area contributed by atoms with Crippen molar-refractivity contribution in [2.45, 2.75) is 109 Å². The summed E-state index contributed by atoms with van der Waals surface area (Å²) in [7, 11) is -4.26. The average Bonchev–Trinajstić information content (AvgIpc) is 2.77. The highest BCUT2D eigenvalue weighted by molar-refractivity contribution is 6.74. The number of ether oxygens (including phenoxy) is 1. The highest BCUT2D eigenvalue weighted by atomic mass is 28.4. The fourth-order valence-electron chi connectivity index (χ4n) is 3.06. The molecule has 0 aromatic carbocycles. The maximum absolute atomic E-state index is 12.2. The summed E-state index contributed by atoms with van der Waals surface area (Å²) in [5.74, 6) is -0.804. The molecule has 26 heavy (non-hydrogen) atoms. The summed E-state index contributed by atoms with van der Waals surface area (Å²) >= 11 is 0. The summed E-state index contributed by atoms with van der Waals surface area (Å²) in [6, 6.07) is 0. The molecule has 0 unspecified atom stereocenters. The summed E-state index contributed by atoms with van der Waals surface area (Å²) in [6.07, 6.45) is -1.58. The number of esters is 1. The van der Waals surface area contributed by atoms with E-state index in [1.165, 1.54) is 0 Å². The second-order valence-electron chi connectivity index (χ2n) is 11.0. The number of aliphatic hydroxyl groups excluding tert-OH is 1. The van der Waals surface area contributed by atoms with E-state index in [0.29, 0.717) is 6.42 Å². The predicted molar refractivity (Wildman–Crippen MR) is 108 cm³/mol. The Morgan fingerprint density at radius 1 is 0.923 bits per heavy atom. The molecule has 7 heteroatoms. The van der Waals surface area contributed by atoms with Crippen LogP contribution in [0.3, 0.4) is 0 Å². The van der Waals surface area contributed by atoms with Gasteiger partial charge in [-0.25, -0.2) is 0 Å². The first-order chi connectivity index (χ1) is 11.5. The summed E-state index contributed by atoms with van der Waals surface area (Å²) < 4.78 is 18.9. The smallest absolute Gasteiger partial charge is 0.312 e. The third kappa shape index (κ3) is 3.97. The monoisotopic (exact) mass is 402 g/mol. The van der Waals surface area contributed by atoms with Gasteiger partial charge in [0.05, 0.1) is 12.0 Å². The van der Waals surface area contributed by atoms with Crippen molar-refractivity contribution in [2.24, 2.45) is 5.92 Å². The molecule has 5 atom stereocenters. The van der Waals surface area contributed by atoms with E-state index in [2.05, 4.69) is 67.7 Å². The SMILES string of the molecule is CC(C)(C)[Si](C)(C)O[C@@H]1[C@@H](O)[C@@H]2C[C@@H](OC2=O)[C@@H]1O[Si](C)(C)C(C)(C)C. The number of fused-ring (bicyclic) bond motifs is 2. The average molecular weight is 403 g/mol. The van der Waals surface area contributed by atoms with Crippen molar-refractivity contribution in [1.29, 1.82) is 0 Å². The highest BCUT2D eigenvalue weighted by Crippen LogP contribution is 2.46. The molecule has 1 saturated carbocycles. The minimum atomic E-state index is -2.14. The van der Waals surface area contributed by atoms with Crippen LogP contribution in [0.1, 0.15) is 48.0 Å². The zero-order valence-corrected chi connectivity index (χ0v) is 20.2. The molecule has 1 saturated heterocycles. The van der Waals surface area contributed by atoms with Gasteiger partial charge in [0.1, 0.15) is 18.3 Å². The van der Waals surface area contributed by atoms with Gasteiger partial charge in [0, 0.05) is 6.42 Å². The van der Waals surface area contributed by atoms with E-state index in [-0.39, 0.29) is 22.1 Å². The number of hydrogen-bond acceptors (Lipinski definition) is 5. The van der Waals surface area contributed by atoms with Crippen LogP contribution >= 0.6 is 0 Å². The van der Waals surface area contributed by atoms with Gasteiger partial charge < -0.3 is 18.7 Å². The van der Waals surface area contributed by atoms with E-state index in [1.54, 1.807) is 0 Å². The number of carbonyl (C=O) groups excluding carboxylic acids is 1. The van der Waals surface area contributed by atoms with Crippen molar-refractivity contribution in [3.05, 3.63) is 0 Å². The summed E-state index contributed by atoms with van der Waals surface area (Å²) in [5, 5.41) is 11.0. The topological polar surface area (TPSA) is 65.0 Å². The van der Waals surface area contributed by atoms with E-state index >= 15 is 0 Å². The quantitative estimate of drug-likeness (QED) is 0.567. The van der Waals surface area contributed by atoms with E-state index < -0.39 is 40.9 Å². The minimum absolute atomic E-state index is 0.00953. The lowest BCUT2D eigenvalue weighted by atomic mass is 9.83. The molecular weight excluding hydrogens is 364 g/mol. The van der Waals surface area contributed by atoms with Gasteiger partial charge in [-0.3, -0.25) is 4.79 Å². The standard InChI is InChI=1S/C19H38O5Si2/c1-18(2,3)25(7,8)23-15-13-11-12(17(21)22-13)14(20)16(15)24-26(9,10)19(4,5)6/h12-16,20H,11H2,1-10H3/t12-,13+,14-,15-,16+/m0/s1. The molecule has 0 aromatic rings. The lowest BCUT2D eigenvalue weighted by Gasteiger charge is -2.48. The Hall–Kier alpha value is -0.216. The lowest BCUT2D eigenvalue weighted by molar-refractivity contribution is -0.146. The van der Waals surface area contributed by atoms with E-state index in [4.69, 9.17) is 13.6 Å². The molecule has 5 nitrogen and oxygen atoms in total. The van der Waals surface area contributed by atoms with Gasteiger partial charge in [0.15, 0.2) is 16.6 Å². The second kappa shape index (κ2) is 6.69. The Kier molecular flexibility index (Phi) is 5.68. The van der Waals surface area contributed by atoms with Crippen molar-refractivity contribution in [2.75, 3.05) is 0 Å². The molecule has 0 spiro atoms. The van der Waals surface area contributed by atoms with Crippen LogP contribution in [0.2, 0.25) is 36.3 Å². The van der Waals surface area contributed by atoms with Crippen molar-refractivity contribution < 1.29 is 23.5 Å². The molecule has 1 aliphatic carbocycles. The number of rotatable bonds is 4. The van der Waals surface area contributed by atoms with Crippen LogP contribution in [0, 0.1) is 5.92 Å². The van der Waals surface area contributed by atoms with Crippen LogP contribution in [0.4, 0.5) is 0 Å². The van der Waals surface area contributed by atoms with Gasteiger partial charge in [0.2, 0.25) is 0 Å². The van der Waals surface area contributed by atoms with Crippen molar-refractivity contribution in [3.8, 4) is 0 Å². The first-order valence-corrected chi connectivity index (χ1v) is 15.5. The normalized spacial score (nSPS) is 33.3.